The van der Waals surface area contributed by atoms with Crippen molar-refractivity contribution in [3.8, 4) is 0 Å². The molecule has 1 heterocycles. The molecule has 9 heteroatoms. The number of nitrogens with one attached hydrogen (secondary N) is 2. The lowest BCUT2D eigenvalue weighted by Crippen LogP contribution is -2.21. The van der Waals surface area contributed by atoms with Gasteiger partial charge < -0.3 is 15.4 Å². The van der Waals surface area contributed by atoms with Crippen molar-refractivity contribution >= 4 is 61.3 Å². The molecule has 0 saturated heterocycles. The number of carbonyl (C=O) groups is 1. The van der Waals surface area contributed by atoms with Crippen molar-refractivity contribution in [2.24, 2.45) is 0 Å². The number of rotatable bonds is 6. The summed E-state index contributed by atoms with van der Waals surface area (Å²) in [5.41, 5.74) is 1.43. The van der Waals surface area contributed by atoms with E-state index in [2.05, 4.69) is 26.6 Å². The van der Waals surface area contributed by atoms with Gasteiger partial charge in [-0.15, -0.1) is 11.3 Å². The van der Waals surface area contributed by atoms with Crippen LogP contribution in [-0.4, -0.2) is 17.7 Å². The molecule has 3 aromatic rings. The summed E-state index contributed by atoms with van der Waals surface area (Å²) in [6, 6.07) is 13.5. The minimum atomic E-state index is -0.799. The van der Waals surface area contributed by atoms with Gasteiger partial charge in [0.05, 0.1) is 17.9 Å². The van der Waals surface area contributed by atoms with Gasteiger partial charge in [-0.1, -0.05) is 30.3 Å². The minimum absolute atomic E-state index is 0.00681. The first kappa shape index (κ1) is 22.3. The van der Waals surface area contributed by atoms with Crippen LogP contribution in [0.4, 0.5) is 19.5 Å². The molecule has 4 nitrogen and oxygen atoms in total. The largest absolute Gasteiger partial charge is 0.462 e. The van der Waals surface area contributed by atoms with E-state index in [-0.39, 0.29) is 21.9 Å². The smallest absolute Gasteiger partial charge is 0.341 e. The molecule has 0 amide bonds. The molecule has 0 aliphatic rings. The fourth-order valence-electron chi connectivity index (χ4n) is 2.69. The Balaban J connectivity index is 1.82. The Morgan fingerprint density at radius 3 is 2.57 bits per heavy atom. The van der Waals surface area contributed by atoms with E-state index >= 15 is 0 Å². The number of anilines is 2. The number of hydrogen-bond donors (Lipinski definition) is 2. The quantitative estimate of drug-likeness (QED) is 0.298. The Kier molecular flexibility index (Phi) is 7.52. The van der Waals surface area contributed by atoms with E-state index in [1.807, 2.05) is 30.3 Å². The summed E-state index contributed by atoms with van der Waals surface area (Å²) in [5, 5.41) is 6.17. The normalized spacial score (nSPS) is 10.5. The number of thiophene rings is 1. The summed E-state index contributed by atoms with van der Waals surface area (Å²) in [5.74, 6) is -1.99. The second kappa shape index (κ2) is 10.1. The van der Waals surface area contributed by atoms with E-state index in [9.17, 15) is 13.6 Å². The van der Waals surface area contributed by atoms with Gasteiger partial charge in [0, 0.05) is 21.8 Å². The van der Waals surface area contributed by atoms with Gasteiger partial charge in [0.2, 0.25) is 0 Å². The van der Waals surface area contributed by atoms with Crippen LogP contribution in [0.1, 0.15) is 27.7 Å². The summed E-state index contributed by atoms with van der Waals surface area (Å²) in [7, 11) is 0. The summed E-state index contributed by atoms with van der Waals surface area (Å²) in [6.45, 7) is 1.96. The summed E-state index contributed by atoms with van der Waals surface area (Å²) >= 11 is 9.73. The summed E-state index contributed by atoms with van der Waals surface area (Å²) < 4.78 is 32.7. The van der Waals surface area contributed by atoms with E-state index in [1.165, 1.54) is 11.3 Å². The van der Waals surface area contributed by atoms with E-state index in [1.54, 1.807) is 13.0 Å². The topological polar surface area (TPSA) is 50.4 Å². The van der Waals surface area contributed by atoms with Crippen LogP contribution in [0.3, 0.4) is 0 Å². The zero-order chi connectivity index (χ0) is 21.7. The molecule has 30 heavy (non-hydrogen) atoms. The lowest BCUT2D eigenvalue weighted by molar-refractivity contribution is 0.0528. The molecule has 1 aromatic heterocycles. The predicted octanol–water partition coefficient (Wildman–Crippen LogP) is 6.37. The van der Waals surface area contributed by atoms with Crippen molar-refractivity contribution in [3.05, 3.63) is 80.6 Å². The first-order valence-electron chi connectivity index (χ1n) is 8.93. The molecular formula is C21H17BrF2N2O2S2. The Bertz CT molecular complexity index is 1050. The highest BCUT2D eigenvalue weighted by Crippen LogP contribution is 2.32. The first-order chi connectivity index (χ1) is 14.4. The lowest BCUT2D eigenvalue weighted by atomic mass is 10.1. The predicted molar refractivity (Wildman–Crippen MR) is 123 cm³/mol. The van der Waals surface area contributed by atoms with Crippen LogP contribution in [0.25, 0.3) is 0 Å². The maximum atomic E-state index is 14.1. The maximum absolute atomic E-state index is 14.1. The molecule has 2 N–H and O–H groups in total. The molecule has 0 radical (unpaired) electrons. The molecule has 0 saturated carbocycles. The molecule has 2 aromatic carbocycles. The van der Waals surface area contributed by atoms with Gasteiger partial charge in [-0.3, -0.25) is 0 Å². The Morgan fingerprint density at radius 2 is 1.90 bits per heavy atom. The lowest BCUT2D eigenvalue weighted by Gasteiger charge is -2.13. The highest BCUT2D eigenvalue weighted by Gasteiger charge is 2.19. The maximum Gasteiger partial charge on any atom is 0.341 e. The molecule has 3 rings (SSSR count). The number of halogens is 3. The van der Waals surface area contributed by atoms with Gasteiger partial charge in [-0.05, 0) is 52.8 Å². The number of hydrogen-bond acceptors (Lipinski definition) is 4. The average molecular weight is 511 g/mol. The van der Waals surface area contributed by atoms with Crippen molar-refractivity contribution in [3.63, 3.8) is 0 Å². The molecule has 0 atom stereocenters. The van der Waals surface area contributed by atoms with Crippen LogP contribution in [0, 0.1) is 11.6 Å². The summed E-state index contributed by atoms with van der Waals surface area (Å²) in [4.78, 5) is 13.3. The van der Waals surface area contributed by atoms with Gasteiger partial charge in [-0.2, -0.15) is 0 Å². The van der Waals surface area contributed by atoms with Crippen molar-refractivity contribution in [1.82, 2.24) is 0 Å². The van der Waals surface area contributed by atoms with Crippen molar-refractivity contribution < 1.29 is 18.3 Å². The van der Waals surface area contributed by atoms with Crippen molar-refractivity contribution in [2.75, 3.05) is 17.2 Å². The number of thiocarbonyl (C=S) groups is 1. The van der Waals surface area contributed by atoms with Crippen LogP contribution in [-0.2, 0) is 11.2 Å². The third-order valence-corrected chi connectivity index (χ3v) is 5.85. The second-order valence-electron chi connectivity index (χ2n) is 6.16. The monoisotopic (exact) mass is 510 g/mol. The highest BCUT2D eigenvalue weighted by atomic mass is 79.9. The number of benzene rings is 2. The fourth-order valence-corrected chi connectivity index (χ4v) is 4.55. The molecule has 0 unspecified atom stereocenters. The van der Waals surface area contributed by atoms with Crippen molar-refractivity contribution in [2.45, 2.75) is 13.3 Å². The fraction of sp³-hybridized carbons (Fsp3) is 0.143. The van der Waals surface area contributed by atoms with Crippen LogP contribution >= 0.6 is 39.5 Å². The van der Waals surface area contributed by atoms with Gasteiger partial charge >= 0.3 is 5.97 Å². The molecule has 0 aliphatic carbocycles. The van der Waals surface area contributed by atoms with E-state index < -0.39 is 17.6 Å². The number of carbonyl (C=O) groups excluding carboxylic acids is 1. The second-order valence-corrected chi connectivity index (χ2v) is 8.56. The van der Waals surface area contributed by atoms with Gasteiger partial charge in [0.15, 0.2) is 10.9 Å². The molecule has 0 fully saturated rings. The van der Waals surface area contributed by atoms with Crippen molar-refractivity contribution in [1.29, 1.82) is 0 Å². The average Bonchev–Trinajstić information content (AvgIpc) is 3.07. The van der Waals surface area contributed by atoms with E-state index in [0.29, 0.717) is 17.0 Å². The van der Waals surface area contributed by atoms with Gasteiger partial charge in [0.1, 0.15) is 10.8 Å². The SMILES string of the molecule is CCOC(=O)c1cc(Cc2ccccc2)sc1NC(=S)Nc1c(F)cc(F)cc1Br. The third-order valence-electron chi connectivity index (χ3n) is 3.97. The molecular weight excluding hydrogens is 494 g/mol. The molecule has 156 valence electrons. The van der Waals surface area contributed by atoms with Crippen LogP contribution < -0.4 is 10.6 Å². The Hall–Kier alpha value is -2.36. The zero-order valence-electron chi connectivity index (χ0n) is 15.8. The third kappa shape index (κ3) is 5.62. The number of esters is 1. The Morgan fingerprint density at radius 1 is 1.17 bits per heavy atom. The minimum Gasteiger partial charge on any atom is -0.462 e. The van der Waals surface area contributed by atoms with Gasteiger partial charge in [-0.25, -0.2) is 13.6 Å². The number of ether oxygens (including phenoxy) is 1. The highest BCUT2D eigenvalue weighted by molar-refractivity contribution is 9.10. The Labute approximate surface area is 190 Å². The zero-order valence-corrected chi connectivity index (χ0v) is 19.0. The van der Waals surface area contributed by atoms with Gasteiger partial charge in [0.25, 0.3) is 0 Å². The molecule has 0 spiro atoms. The van der Waals surface area contributed by atoms with Crippen LogP contribution in [0.5, 0.6) is 0 Å². The van der Waals surface area contributed by atoms with Crippen LogP contribution in [0.15, 0.2) is 53.0 Å². The molecule has 0 aliphatic heterocycles. The first-order valence-corrected chi connectivity index (χ1v) is 11.0. The van der Waals surface area contributed by atoms with E-state index in [4.69, 9.17) is 17.0 Å². The van der Waals surface area contributed by atoms with Crippen LogP contribution in [0.2, 0.25) is 0 Å². The standard InChI is InChI=1S/C21H17BrF2N2O2S2/c1-2-28-20(27)15-11-14(8-12-6-4-3-5-7-12)30-19(15)26-21(29)25-18-16(22)9-13(23)10-17(18)24/h3-7,9-11H,2,8H2,1H3,(H2,25,26,29). The summed E-state index contributed by atoms with van der Waals surface area (Å²) in [6.07, 6.45) is 0.637. The molecule has 0 bridgehead atoms. The van der Waals surface area contributed by atoms with E-state index in [0.717, 1.165) is 22.6 Å².